The quantitative estimate of drug-likeness (QED) is 0.835. The highest BCUT2D eigenvalue weighted by Gasteiger charge is 2.22. The predicted octanol–water partition coefficient (Wildman–Crippen LogP) is 2.78. The molecule has 0 aliphatic carbocycles. The fourth-order valence-corrected chi connectivity index (χ4v) is 1.66. The van der Waals surface area contributed by atoms with Gasteiger partial charge in [-0.3, -0.25) is 0 Å². The monoisotopic (exact) mass is 238 g/mol. The first-order valence-corrected chi connectivity index (χ1v) is 5.14. The fraction of sp³-hybridized carbons (Fsp3) is 0.250. The van der Waals surface area contributed by atoms with Crippen molar-refractivity contribution >= 4 is 16.9 Å². The van der Waals surface area contributed by atoms with Gasteiger partial charge in [0.1, 0.15) is 23.6 Å². The van der Waals surface area contributed by atoms with Gasteiger partial charge in [-0.1, -0.05) is 0 Å². The van der Waals surface area contributed by atoms with E-state index in [9.17, 15) is 14.3 Å². The molecule has 0 aliphatic heterocycles. The van der Waals surface area contributed by atoms with Crippen molar-refractivity contribution < 1.29 is 23.4 Å². The lowest BCUT2D eigenvalue weighted by Gasteiger charge is -2.00. The summed E-state index contributed by atoms with van der Waals surface area (Å²) >= 11 is 0. The highest BCUT2D eigenvalue weighted by molar-refractivity contribution is 6.04. The van der Waals surface area contributed by atoms with E-state index in [0.717, 1.165) is 0 Å². The summed E-state index contributed by atoms with van der Waals surface area (Å²) in [5, 5.41) is 9.72. The maximum Gasteiger partial charge on any atom is 0.342 e. The molecule has 0 atom stereocenters. The maximum atomic E-state index is 12.8. The molecule has 90 valence electrons. The van der Waals surface area contributed by atoms with Crippen LogP contribution in [0.15, 0.2) is 22.6 Å². The molecular formula is C12H11FO4. The zero-order valence-electron chi connectivity index (χ0n) is 9.20. The van der Waals surface area contributed by atoms with Crippen LogP contribution in [0.1, 0.15) is 23.0 Å². The van der Waals surface area contributed by atoms with E-state index in [1.165, 1.54) is 18.2 Å². The molecule has 0 saturated heterocycles. The van der Waals surface area contributed by atoms with Crippen molar-refractivity contribution in [3.8, 4) is 5.75 Å². The minimum Gasteiger partial charge on any atom is -0.508 e. The number of hydrogen-bond donors (Lipinski definition) is 1. The van der Waals surface area contributed by atoms with Crippen molar-refractivity contribution in [3.05, 3.63) is 29.5 Å². The third-order valence-electron chi connectivity index (χ3n) is 2.35. The Morgan fingerprint density at radius 3 is 2.94 bits per heavy atom. The number of alkyl halides is 1. The highest BCUT2D eigenvalue weighted by atomic mass is 19.1. The number of ether oxygens (including phenoxy) is 1. The predicted molar refractivity (Wildman–Crippen MR) is 58.6 cm³/mol. The number of halogens is 1. The minimum atomic E-state index is -0.899. The first-order valence-electron chi connectivity index (χ1n) is 5.14. The Morgan fingerprint density at radius 2 is 2.29 bits per heavy atom. The molecule has 17 heavy (non-hydrogen) atoms. The van der Waals surface area contributed by atoms with Crippen molar-refractivity contribution in [3.63, 3.8) is 0 Å². The fourth-order valence-electron chi connectivity index (χ4n) is 1.66. The maximum absolute atomic E-state index is 12.8. The van der Waals surface area contributed by atoms with Gasteiger partial charge in [-0.25, -0.2) is 9.18 Å². The summed E-state index contributed by atoms with van der Waals surface area (Å²) in [7, 11) is 0. The smallest absolute Gasteiger partial charge is 0.342 e. The first-order chi connectivity index (χ1) is 8.17. The normalized spacial score (nSPS) is 10.7. The van der Waals surface area contributed by atoms with Crippen molar-refractivity contribution in [2.24, 2.45) is 0 Å². The Hall–Kier alpha value is -2.04. The molecule has 0 saturated carbocycles. The molecule has 0 aliphatic rings. The Morgan fingerprint density at radius 1 is 1.53 bits per heavy atom. The van der Waals surface area contributed by atoms with Crippen LogP contribution in [-0.2, 0) is 11.4 Å². The molecule has 1 aromatic heterocycles. The third-order valence-corrected chi connectivity index (χ3v) is 2.35. The largest absolute Gasteiger partial charge is 0.508 e. The van der Waals surface area contributed by atoms with Gasteiger partial charge in [0.25, 0.3) is 0 Å². The topological polar surface area (TPSA) is 59.7 Å². The Bertz CT molecular complexity index is 559. The van der Waals surface area contributed by atoms with Gasteiger partial charge < -0.3 is 14.3 Å². The SMILES string of the molecule is CCOC(=O)c1c(CF)oc2ccc(O)cc12. The van der Waals surface area contributed by atoms with Crippen LogP contribution in [0.5, 0.6) is 5.75 Å². The summed E-state index contributed by atoms with van der Waals surface area (Å²) in [6.07, 6.45) is 0. The van der Waals surface area contributed by atoms with Crippen LogP contribution in [0.2, 0.25) is 0 Å². The second kappa shape index (κ2) is 4.45. The van der Waals surface area contributed by atoms with Crippen LogP contribution >= 0.6 is 0 Å². The molecule has 2 rings (SSSR count). The van der Waals surface area contributed by atoms with E-state index in [1.54, 1.807) is 6.92 Å². The summed E-state index contributed by atoms with van der Waals surface area (Å²) in [6.45, 7) is 0.951. The molecular weight excluding hydrogens is 227 g/mol. The van der Waals surface area contributed by atoms with Crippen LogP contribution < -0.4 is 0 Å². The molecule has 1 N–H and O–H groups in total. The number of hydrogen-bond acceptors (Lipinski definition) is 4. The molecule has 1 aromatic carbocycles. The number of benzene rings is 1. The van der Waals surface area contributed by atoms with Gasteiger partial charge in [0.15, 0.2) is 5.76 Å². The average molecular weight is 238 g/mol. The van der Waals surface area contributed by atoms with Crippen molar-refractivity contribution in [2.75, 3.05) is 6.61 Å². The number of carbonyl (C=O) groups excluding carboxylic acids is 1. The number of carbonyl (C=O) groups is 1. The molecule has 0 spiro atoms. The van der Waals surface area contributed by atoms with Crippen molar-refractivity contribution in [2.45, 2.75) is 13.6 Å². The van der Waals surface area contributed by atoms with Gasteiger partial charge in [-0.15, -0.1) is 0 Å². The molecule has 1 heterocycles. The molecule has 5 heteroatoms. The standard InChI is InChI=1S/C12H11FO4/c1-2-16-12(15)11-8-5-7(14)3-4-9(8)17-10(11)6-13/h3-5,14H,2,6H2,1H3. The number of aromatic hydroxyl groups is 1. The lowest BCUT2D eigenvalue weighted by molar-refractivity contribution is 0.0524. The summed E-state index contributed by atoms with van der Waals surface area (Å²) < 4.78 is 22.8. The number of phenols is 1. The third kappa shape index (κ3) is 1.95. The van der Waals surface area contributed by atoms with E-state index in [1.807, 2.05) is 0 Å². The van der Waals surface area contributed by atoms with Crippen LogP contribution in [0.3, 0.4) is 0 Å². The Kier molecular flexibility index (Phi) is 2.99. The van der Waals surface area contributed by atoms with Crippen molar-refractivity contribution in [1.82, 2.24) is 0 Å². The van der Waals surface area contributed by atoms with E-state index in [2.05, 4.69) is 0 Å². The molecule has 0 bridgehead atoms. The lowest BCUT2D eigenvalue weighted by atomic mass is 10.1. The van der Waals surface area contributed by atoms with Crippen LogP contribution in [0.25, 0.3) is 11.0 Å². The number of furan rings is 1. The van der Waals surface area contributed by atoms with E-state index >= 15 is 0 Å². The van der Waals surface area contributed by atoms with Gasteiger partial charge in [0, 0.05) is 5.39 Å². The molecule has 0 unspecified atom stereocenters. The molecule has 0 fully saturated rings. The van der Waals surface area contributed by atoms with Gasteiger partial charge in [0.2, 0.25) is 0 Å². The summed E-state index contributed by atoms with van der Waals surface area (Å²) in [4.78, 5) is 11.7. The summed E-state index contributed by atoms with van der Waals surface area (Å²) in [5.41, 5.74) is 0.388. The van der Waals surface area contributed by atoms with Gasteiger partial charge in [0.05, 0.1) is 6.61 Å². The zero-order chi connectivity index (χ0) is 12.4. The van der Waals surface area contributed by atoms with Crippen LogP contribution in [0, 0.1) is 0 Å². The zero-order valence-corrected chi connectivity index (χ0v) is 9.20. The summed E-state index contributed by atoms with van der Waals surface area (Å²) in [6, 6.07) is 4.24. The van der Waals surface area contributed by atoms with Crippen LogP contribution in [-0.4, -0.2) is 17.7 Å². The molecule has 2 aromatic rings. The second-order valence-corrected chi connectivity index (χ2v) is 3.43. The number of fused-ring (bicyclic) bond motifs is 1. The number of phenolic OH excluding ortho intramolecular Hbond substituents is 1. The molecule has 4 nitrogen and oxygen atoms in total. The van der Waals surface area contributed by atoms with Gasteiger partial charge in [-0.2, -0.15) is 0 Å². The van der Waals surface area contributed by atoms with Gasteiger partial charge in [-0.05, 0) is 25.1 Å². The van der Waals surface area contributed by atoms with E-state index in [-0.39, 0.29) is 23.7 Å². The van der Waals surface area contributed by atoms with E-state index in [4.69, 9.17) is 9.15 Å². The summed E-state index contributed by atoms with van der Waals surface area (Å²) in [5.74, 6) is -0.747. The minimum absolute atomic E-state index is 0.0192. The molecule has 0 amide bonds. The second-order valence-electron chi connectivity index (χ2n) is 3.43. The lowest BCUT2D eigenvalue weighted by Crippen LogP contribution is -2.06. The highest BCUT2D eigenvalue weighted by Crippen LogP contribution is 2.30. The number of esters is 1. The van der Waals surface area contributed by atoms with E-state index in [0.29, 0.717) is 11.0 Å². The Balaban J connectivity index is 2.64. The van der Waals surface area contributed by atoms with Gasteiger partial charge >= 0.3 is 5.97 Å². The van der Waals surface area contributed by atoms with E-state index < -0.39 is 12.6 Å². The average Bonchev–Trinajstić information content (AvgIpc) is 2.66. The molecule has 0 radical (unpaired) electrons. The van der Waals surface area contributed by atoms with Crippen molar-refractivity contribution in [1.29, 1.82) is 0 Å². The van der Waals surface area contributed by atoms with Crippen LogP contribution in [0.4, 0.5) is 4.39 Å². The Labute approximate surface area is 96.6 Å². The first kappa shape index (κ1) is 11.4. The number of rotatable bonds is 3.